The zero-order valence-corrected chi connectivity index (χ0v) is 13.6. The highest BCUT2D eigenvalue weighted by Gasteiger charge is 2.04. The Balaban J connectivity index is 1.96. The molecule has 0 aliphatic heterocycles. The average Bonchev–Trinajstić information content (AvgIpc) is 2.41. The van der Waals surface area contributed by atoms with Crippen LogP contribution in [-0.2, 0) is 6.42 Å². The molecule has 0 heterocycles. The molecule has 0 aliphatic rings. The molecule has 2 rings (SSSR count). The van der Waals surface area contributed by atoms with Crippen LogP contribution in [0.2, 0.25) is 0 Å². The fourth-order valence-electron chi connectivity index (χ4n) is 2.02. The molecule has 0 saturated carbocycles. The third-order valence-corrected chi connectivity index (χ3v) is 4.19. The minimum absolute atomic E-state index is 0.415. The smallest absolute Gasteiger partial charge is 0.0353 e. The Bertz CT molecular complexity index is 525. The van der Waals surface area contributed by atoms with Gasteiger partial charge in [-0.2, -0.15) is 0 Å². The number of thioether (sulfide) groups is 1. The van der Waals surface area contributed by atoms with Gasteiger partial charge in [0.15, 0.2) is 0 Å². The number of benzene rings is 2. The van der Waals surface area contributed by atoms with E-state index >= 15 is 0 Å². The maximum Gasteiger partial charge on any atom is 0.0353 e. The van der Waals surface area contributed by atoms with E-state index in [1.807, 2.05) is 0 Å². The number of hydrogen-bond donors (Lipinski definition) is 1. The summed E-state index contributed by atoms with van der Waals surface area (Å²) in [4.78, 5) is 1.29. The lowest BCUT2D eigenvalue weighted by molar-refractivity contribution is 0.790. The molecule has 3 heteroatoms. The minimum atomic E-state index is 0.415. The second-order valence-electron chi connectivity index (χ2n) is 4.61. The summed E-state index contributed by atoms with van der Waals surface area (Å²) in [5.74, 6) is 0. The van der Waals surface area contributed by atoms with Gasteiger partial charge in [0.25, 0.3) is 0 Å². The third kappa shape index (κ3) is 4.59. The lowest BCUT2D eigenvalue weighted by atomic mass is 10.1. The van der Waals surface area contributed by atoms with Crippen LogP contribution in [0.1, 0.15) is 12.5 Å². The van der Waals surface area contributed by atoms with Gasteiger partial charge in [-0.1, -0.05) is 34.1 Å². The SMILES string of the molecule is CSc1cccc(NC(C)Cc2ccc(Br)cc2)c1. The molecule has 0 fully saturated rings. The van der Waals surface area contributed by atoms with Gasteiger partial charge in [0.2, 0.25) is 0 Å². The molecule has 0 aliphatic carbocycles. The molecule has 0 spiro atoms. The van der Waals surface area contributed by atoms with Gasteiger partial charge in [-0.05, 0) is 55.5 Å². The first-order valence-electron chi connectivity index (χ1n) is 6.32. The number of rotatable bonds is 5. The van der Waals surface area contributed by atoms with Crippen molar-refractivity contribution >= 4 is 33.4 Å². The maximum absolute atomic E-state index is 3.55. The Labute approximate surface area is 127 Å². The van der Waals surface area contributed by atoms with E-state index in [9.17, 15) is 0 Å². The van der Waals surface area contributed by atoms with Gasteiger partial charge >= 0.3 is 0 Å². The van der Waals surface area contributed by atoms with Gasteiger partial charge in [-0.15, -0.1) is 11.8 Å². The topological polar surface area (TPSA) is 12.0 Å². The zero-order valence-electron chi connectivity index (χ0n) is 11.2. The second-order valence-corrected chi connectivity index (χ2v) is 6.40. The molecule has 2 aromatic carbocycles. The molecule has 100 valence electrons. The minimum Gasteiger partial charge on any atom is -0.382 e. The molecule has 1 atom stereocenters. The molecule has 1 N–H and O–H groups in total. The van der Waals surface area contributed by atoms with Gasteiger partial charge in [0.05, 0.1) is 0 Å². The van der Waals surface area contributed by atoms with E-state index in [1.54, 1.807) is 11.8 Å². The number of hydrogen-bond acceptors (Lipinski definition) is 2. The van der Waals surface area contributed by atoms with Crippen molar-refractivity contribution < 1.29 is 0 Å². The molecule has 0 aromatic heterocycles. The van der Waals surface area contributed by atoms with Crippen LogP contribution >= 0.6 is 27.7 Å². The Morgan fingerprint density at radius 2 is 1.89 bits per heavy atom. The van der Waals surface area contributed by atoms with E-state index in [2.05, 4.69) is 83.0 Å². The quantitative estimate of drug-likeness (QED) is 0.752. The lowest BCUT2D eigenvalue weighted by Gasteiger charge is -2.16. The molecule has 0 saturated heterocycles. The molecule has 0 radical (unpaired) electrons. The van der Waals surface area contributed by atoms with E-state index in [4.69, 9.17) is 0 Å². The summed E-state index contributed by atoms with van der Waals surface area (Å²) >= 11 is 5.23. The highest BCUT2D eigenvalue weighted by molar-refractivity contribution is 9.10. The van der Waals surface area contributed by atoms with Crippen LogP contribution < -0.4 is 5.32 Å². The largest absolute Gasteiger partial charge is 0.382 e. The first kappa shape index (κ1) is 14.5. The van der Waals surface area contributed by atoms with Crippen molar-refractivity contribution in [3.63, 3.8) is 0 Å². The second kappa shape index (κ2) is 7.01. The van der Waals surface area contributed by atoms with Crippen LogP contribution in [0.4, 0.5) is 5.69 Å². The number of nitrogens with one attached hydrogen (secondary N) is 1. The predicted molar refractivity (Wildman–Crippen MR) is 89.2 cm³/mol. The van der Waals surface area contributed by atoms with Gasteiger partial charge in [-0.3, -0.25) is 0 Å². The third-order valence-electron chi connectivity index (χ3n) is 2.94. The average molecular weight is 336 g/mol. The number of anilines is 1. The summed E-state index contributed by atoms with van der Waals surface area (Å²) in [5.41, 5.74) is 2.54. The van der Waals surface area contributed by atoms with E-state index in [-0.39, 0.29) is 0 Å². The van der Waals surface area contributed by atoms with Crippen molar-refractivity contribution in [1.29, 1.82) is 0 Å². The summed E-state index contributed by atoms with van der Waals surface area (Å²) in [6, 6.07) is 17.5. The first-order chi connectivity index (χ1) is 9.17. The summed E-state index contributed by atoms with van der Waals surface area (Å²) in [7, 11) is 0. The fraction of sp³-hybridized carbons (Fsp3) is 0.250. The van der Waals surface area contributed by atoms with Crippen molar-refractivity contribution in [1.82, 2.24) is 0 Å². The van der Waals surface area contributed by atoms with Gasteiger partial charge in [-0.25, -0.2) is 0 Å². The summed E-state index contributed by atoms with van der Waals surface area (Å²) < 4.78 is 1.13. The predicted octanol–water partition coefficient (Wildman–Crippen LogP) is 5.21. The van der Waals surface area contributed by atoms with E-state index < -0.39 is 0 Å². The molecular formula is C16H18BrNS. The van der Waals surface area contributed by atoms with Crippen molar-refractivity contribution in [2.75, 3.05) is 11.6 Å². The van der Waals surface area contributed by atoms with Crippen LogP contribution in [0.25, 0.3) is 0 Å². The van der Waals surface area contributed by atoms with Crippen LogP contribution in [0.3, 0.4) is 0 Å². The van der Waals surface area contributed by atoms with Crippen molar-refractivity contribution in [3.05, 3.63) is 58.6 Å². The Kier molecular flexibility index (Phi) is 5.34. The maximum atomic E-state index is 3.55. The highest BCUT2D eigenvalue weighted by Crippen LogP contribution is 2.20. The molecule has 2 aromatic rings. The Morgan fingerprint density at radius 3 is 2.58 bits per heavy atom. The van der Waals surface area contributed by atoms with E-state index in [0.717, 1.165) is 10.9 Å². The van der Waals surface area contributed by atoms with Crippen molar-refractivity contribution in [3.8, 4) is 0 Å². The number of halogens is 1. The summed E-state index contributed by atoms with van der Waals surface area (Å²) in [5, 5.41) is 3.55. The Morgan fingerprint density at radius 1 is 1.16 bits per heavy atom. The van der Waals surface area contributed by atoms with Crippen LogP contribution in [-0.4, -0.2) is 12.3 Å². The van der Waals surface area contributed by atoms with Gasteiger partial charge < -0.3 is 5.32 Å². The molecule has 0 bridgehead atoms. The van der Waals surface area contributed by atoms with Gasteiger partial charge in [0, 0.05) is 21.1 Å². The van der Waals surface area contributed by atoms with E-state index in [0.29, 0.717) is 6.04 Å². The molecule has 1 unspecified atom stereocenters. The van der Waals surface area contributed by atoms with E-state index in [1.165, 1.54) is 16.1 Å². The van der Waals surface area contributed by atoms with Crippen molar-refractivity contribution in [2.45, 2.75) is 24.3 Å². The molecule has 0 amide bonds. The summed E-state index contributed by atoms with van der Waals surface area (Å²) in [6.07, 6.45) is 3.13. The molecule has 19 heavy (non-hydrogen) atoms. The Hall–Kier alpha value is -0.930. The molecular weight excluding hydrogens is 318 g/mol. The van der Waals surface area contributed by atoms with Crippen LogP contribution in [0, 0.1) is 0 Å². The van der Waals surface area contributed by atoms with Crippen molar-refractivity contribution in [2.24, 2.45) is 0 Å². The van der Waals surface area contributed by atoms with Gasteiger partial charge in [0.1, 0.15) is 0 Å². The summed E-state index contributed by atoms with van der Waals surface area (Å²) in [6.45, 7) is 2.22. The first-order valence-corrected chi connectivity index (χ1v) is 8.34. The fourth-order valence-corrected chi connectivity index (χ4v) is 2.75. The van der Waals surface area contributed by atoms with Crippen LogP contribution in [0.5, 0.6) is 0 Å². The normalized spacial score (nSPS) is 12.2. The van der Waals surface area contributed by atoms with Crippen LogP contribution in [0.15, 0.2) is 57.9 Å². The molecule has 1 nitrogen and oxygen atoms in total. The monoisotopic (exact) mass is 335 g/mol. The zero-order chi connectivity index (χ0) is 13.7. The lowest BCUT2D eigenvalue weighted by Crippen LogP contribution is -2.17. The standard InChI is InChI=1S/C16H18BrNS/c1-12(10-13-6-8-14(17)9-7-13)18-15-4-3-5-16(11-15)19-2/h3-9,11-12,18H,10H2,1-2H3. The highest BCUT2D eigenvalue weighted by atomic mass is 79.9.